The van der Waals surface area contributed by atoms with E-state index in [2.05, 4.69) is 15.0 Å². The molecule has 0 radical (unpaired) electrons. The number of carbonyl (C=O) groups is 1. The first kappa shape index (κ1) is 25.5. The van der Waals surface area contributed by atoms with E-state index in [9.17, 15) is 39.6 Å². The van der Waals surface area contributed by atoms with Gasteiger partial charge in [0.15, 0.2) is 9.84 Å². The van der Waals surface area contributed by atoms with E-state index in [1.165, 1.54) is 13.0 Å². The lowest BCUT2D eigenvalue weighted by Crippen LogP contribution is -2.31. The molecule has 36 heavy (non-hydrogen) atoms. The van der Waals surface area contributed by atoms with E-state index in [0.717, 1.165) is 35.4 Å². The third-order valence-electron chi connectivity index (χ3n) is 5.49. The SMILES string of the molecule is CCS(=O)(=O)c1cc(-c2cccc(C(F)(F)F)n2)cnc1C(=O)N1CCc2ncc(C(F)(F)F)cc21. The summed E-state index contributed by atoms with van der Waals surface area (Å²) in [5.41, 5.74) is -3.08. The number of rotatable bonds is 4. The Hall–Kier alpha value is -3.55. The molecular formula is C22H16F6N4O3S. The van der Waals surface area contributed by atoms with E-state index in [0.29, 0.717) is 6.20 Å². The number of alkyl halides is 6. The molecule has 0 aliphatic carbocycles. The van der Waals surface area contributed by atoms with Crippen LogP contribution < -0.4 is 4.90 Å². The second-order valence-corrected chi connectivity index (χ2v) is 10.0. The van der Waals surface area contributed by atoms with Crippen LogP contribution in [0.1, 0.15) is 34.4 Å². The van der Waals surface area contributed by atoms with Crippen LogP contribution in [0.25, 0.3) is 11.3 Å². The molecular weight excluding hydrogens is 514 g/mol. The zero-order valence-corrected chi connectivity index (χ0v) is 19.2. The molecule has 4 rings (SSSR count). The number of nitrogens with zero attached hydrogens (tertiary/aromatic N) is 4. The van der Waals surface area contributed by atoms with Crippen molar-refractivity contribution in [3.8, 4) is 11.3 Å². The highest BCUT2D eigenvalue weighted by atomic mass is 32.2. The van der Waals surface area contributed by atoms with Gasteiger partial charge in [0.25, 0.3) is 5.91 Å². The van der Waals surface area contributed by atoms with E-state index in [4.69, 9.17) is 0 Å². The second kappa shape index (κ2) is 8.84. The summed E-state index contributed by atoms with van der Waals surface area (Å²) >= 11 is 0. The normalized spacial score (nSPS) is 14.1. The van der Waals surface area contributed by atoms with Gasteiger partial charge in [-0.1, -0.05) is 13.0 Å². The molecule has 0 bridgehead atoms. The number of aromatic nitrogens is 3. The molecule has 0 N–H and O–H groups in total. The lowest BCUT2D eigenvalue weighted by Gasteiger charge is -2.19. The molecule has 0 unspecified atom stereocenters. The molecule has 1 amide bonds. The number of amides is 1. The maximum atomic E-state index is 13.3. The van der Waals surface area contributed by atoms with Crippen molar-refractivity contribution in [1.82, 2.24) is 15.0 Å². The van der Waals surface area contributed by atoms with Crippen LogP contribution in [0.5, 0.6) is 0 Å². The fourth-order valence-corrected chi connectivity index (χ4v) is 4.68. The van der Waals surface area contributed by atoms with Gasteiger partial charge in [-0.25, -0.2) is 18.4 Å². The van der Waals surface area contributed by atoms with Crippen molar-refractivity contribution in [3.05, 3.63) is 65.4 Å². The van der Waals surface area contributed by atoms with Gasteiger partial charge in [-0.15, -0.1) is 0 Å². The summed E-state index contributed by atoms with van der Waals surface area (Å²) in [5.74, 6) is -1.45. The van der Waals surface area contributed by atoms with Crippen LogP contribution in [0.15, 0.2) is 47.6 Å². The number of hydrogen-bond acceptors (Lipinski definition) is 6. The van der Waals surface area contributed by atoms with Gasteiger partial charge in [0.1, 0.15) is 11.4 Å². The Morgan fingerprint density at radius 1 is 1.03 bits per heavy atom. The van der Waals surface area contributed by atoms with E-state index < -0.39 is 55.7 Å². The quantitative estimate of drug-likeness (QED) is 0.459. The lowest BCUT2D eigenvalue weighted by atomic mass is 10.1. The largest absolute Gasteiger partial charge is 0.433 e. The molecule has 3 aromatic heterocycles. The molecule has 1 aliphatic rings. The molecule has 14 heteroatoms. The van der Waals surface area contributed by atoms with Crippen LogP contribution in [0.2, 0.25) is 0 Å². The third-order valence-corrected chi connectivity index (χ3v) is 7.23. The minimum absolute atomic E-state index is 0.0628. The van der Waals surface area contributed by atoms with Gasteiger partial charge >= 0.3 is 12.4 Å². The Bertz CT molecular complexity index is 1450. The molecule has 7 nitrogen and oxygen atoms in total. The first-order chi connectivity index (χ1) is 16.7. The lowest BCUT2D eigenvalue weighted by molar-refractivity contribution is -0.141. The number of hydrogen-bond donors (Lipinski definition) is 0. The zero-order chi connectivity index (χ0) is 26.5. The smallest absolute Gasteiger partial charge is 0.305 e. The topological polar surface area (TPSA) is 93.1 Å². The van der Waals surface area contributed by atoms with Crippen LogP contribution in [0.3, 0.4) is 0 Å². The van der Waals surface area contributed by atoms with Crippen molar-refractivity contribution >= 4 is 21.4 Å². The molecule has 190 valence electrons. The highest BCUT2D eigenvalue weighted by Crippen LogP contribution is 2.36. The van der Waals surface area contributed by atoms with Gasteiger partial charge < -0.3 is 4.90 Å². The van der Waals surface area contributed by atoms with Crippen LogP contribution >= 0.6 is 0 Å². The van der Waals surface area contributed by atoms with Crippen LogP contribution in [-0.2, 0) is 28.6 Å². The summed E-state index contributed by atoms with van der Waals surface area (Å²) in [6.45, 7) is 1.23. The van der Waals surface area contributed by atoms with Gasteiger partial charge in [0.05, 0.1) is 33.3 Å². The first-order valence-electron chi connectivity index (χ1n) is 10.4. The number of anilines is 1. The summed E-state index contributed by atoms with van der Waals surface area (Å²) in [7, 11) is -4.14. The third kappa shape index (κ3) is 4.76. The summed E-state index contributed by atoms with van der Waals surface area (Å²) in [5, 5.41) is 0. The molecule has 0 aromatic carbocycles. The summed E-state index contributed by atoms with van der Waals surface area (Å²) in [4.78, 5) is 24.9. The molecule has 0 spiro atoms. The number of carbonyl (C=O) groups excluding carboxylic acids is 1. The Morgan fingerprint density at radius 2 is 1.75 bits per heavy atom. The maximum absolute atomic E-state index is 13.3. The monoisotopic (exact) mass is 530 g/mol. The average Bonchev–Trinajstić information content (AvgIpc) is 3.25. The molecule has 0 fully saturated rings. The predicted molar refractivity (Wildman–Crippen MR) is 115 cm³/mol. The highest BCUT2D eigenvalue weighted by Gasteiger charge is 2.37. The minimum Gasteiger partial charge on any atom is -0.305 e. The predicted octanol–water partition coefficient (Wildman–Crippen LogP) is 4.57. The van der Waals surface area contributed by atoms with Gasteiger partial charge in [-0.3, -0.25) is 9.78 Å². The highest BCUT2D eigenvalue weighted by molar-refractivity contribution is 7.91. The molecule has 3 aromatic rings. The van der Waals surface area contributed by atoms with E-state index in [-0.39, 0.29) is 35.6 Å². The Balaban J connectivity index is 1.81. The van der Waals surface area contributed by atoms with Crippen molar-refractivity contribution in [2.75, 3.05) is 17.2 Å². The van der Waals surface area contributed by atoms with Crippen molar-refractivity contribution in [1.29, 1.82) is 0 Å². The fourth-order valence-electron chi connectivity index (χ4n) is 3.63. The van der Waals surface area contributed by atoms with E-state index in [1.54, 1.807) is 0 Å². The number of fused-ring (bicyclic) bond motifs is 1. The standard InChI is InChI=1S/C22H16F6N4O3S/c1-2-36(34,35)17-8-12(14-4-3-5-18(31-14)22(26,27)28)10-30-19(17)20(33)32-7-6-15-16(32)9-13(11-29-15)21(23,24)25/h3-5,8-11H,2,6-7H2,1H3. The van der Waals surface area contributed by atoms with Crippen molar-refractivity contribution in [3.63, 3.8) is 0 Å². The molecule has 4 heterocycles. The minimum atomic E-state index is -4.75. The fraction of sp³-hybridized carbons (Fsp3) is 0.273. The molecule has 0 saturated heterocycles. The van der Waals surface area contributed by atoms with Crippen LogP contribution in [0.4, 0.5) is 32.0 Å². The zero-order valence-electron chi connectivity index (χ0n) is 18.4. The van der Waals surface area contributed by atoms with Gasteiger partial charge in [0, 0.05) is 30.9 Å². The van der Waals surface area contributed by atoms with Crippen LogP contribution in [0, 0.1) is 0 Å². The van der Waals surface area contributed by atoms with Gasteiger partial charge in [0.2, 0.25) is 0 Å². The van der Waals surface area contributed by atoms with Gasteiger partial charge in [-0.2, -0.15) is 26.3 Å². The number of pyridine rings is 3. The summed E-state index contributed by atoms with van der Waals surface area (Å²) < 4.78 is 104. The molecule has 0 atom stereocenters. The van der Waals surface area contributed by atoms with Crippen molar-refractivity contribution in [2.45, 2.75) is 30.6 Å². The van der Waals surface area contributed by atoms with Crippen molar-refractivity contribution in [2.24, 2.45) is 0 Å². The van der Waals surface area contributed by atoms with E-state index >= 15 is 0 Å². The summed E-state index contributed by atoms with van der Waals surface area (Å²) in [6, 6.07) is 4.79. The maximum Gasteiger partial charge on any atom is 0.433 e. The Labute approximate surface area is 200 Å². The Kier molecular flexibility index (Phi) is 6.27. The van der Waals surface area contributed by atoms with Crippen molar-refractivity contribution < 1.29 is 39.6 Å². The Morgan fingerprint density at radius 3 is 2.39 bits per heavy atom. The van der Waals surface area contributed by atoms with E-state index in [1.807, 2.05) is 0 Å². The second-order valence-electron chi connectivity index (χ2n) is 7.77. The number of sulfone groups is 1. The number of halogens is 6. The van der Waals surface area contributed by atoms with Gasteiger partial charge in [-0.05, 0) is 24.3 Å². The molecule has 1 aliphatic heterocycles. The molecule has 0 saturated carbocycles. The summed E-state index contributed by atoms with van der Waals surface area (Å²) in [6.07, 6.45) is -7.68. The van der Waals surface area contributed by atoms with Crippen LogP contribution in [-0.4, -0.2) is 41.6 Å². The average molecular weight is 530 g/mol. The first-order valence-corrected chi connectivity index (χ1v) is 12.0.